The van der Waals surface area contributed by atoms with Crippen LogP contribution in [0.2, 0.25) is 0 Å². The summed E-state index contributed by atoms with van der Waals surface area (Å²) in [5.74, 6) is -0.119. The third kappa shape index (κ3) is 4.19. The predicted molar refractivity (Wildman–Crippen MR) is 82.8 cm³/mol. The number of anilines is 1. The van der Waals surface area contributed by atoms with E-state index in [2.05, 4.69) is 21.2 Å². The predicted octanol–water partition coefficient (Wildman–Crippen LogP) is 2.98. The molecule has 0 saturated heterocycles. The van der Waals surface area contributed by atoms with Crippen molar-refractivity contribution in [1.29, 1.82) is 0 Å². The summed E-state index contributed by atoms with van der Waals surface area (Å²) in [7, 11) is 0. The summed E-state index contributed by atoms with van der Waals surface area (Å²) in [5, 5.41) is 2.69. The summed E-state index contributed by atoms with van der Waals surface area (Å²) in [4.78, 5) is 11.9. The number of carbonyl (C=O) groups is 1. The Balaban J connectivity index is 1.82. The second-order valence-electron chi connectivity index (χ2n) is 4.27. The second kappa shape index (κ2) is 7.08. The molecule has 0 fully saturated rings. The summed E-state index contributed by atoms with van der Waals surface area (Å²) in [5.41, 5.74) is 6.66. The zero-order valence-electron chi connectivity index (χ0n) is 11.1. The molecule has 3 N–H and O–H groups in total. The Kier molecular flexibility index (Phi) is 5.16. The number of para-hydroxylation sites is 2. The molecule has 0 unspecified atom stereocenters. The summed E-state index contributed by atoms with van der Waals surface area (Å²) >= 11 is 3.04. The molecule has 0 saturated carbocycles. The third-order valence-electron chi connectivity index (χ3n) is 2.75. The van der Waals surface area contributed by atoms with Gasteiger partial charge in [0, 0.05) is 5.56 Å². The number of nitrogens with two attached hydrogens (primary N) is 1. The maximum absolute atomic E-state index is 13.1. The highest BCUT2D eigenvalue weighted by Gasteiger charge is 2.08. The van der Waals surface area contributed by atoms with Crippen molar-refractivity contribution in [2.45, 2.75) is 0 Å². The van der Waals surface area contributed by atoms with Crippen molar-refractivity contribution >= 4 is 27.5 Å². The number of hydrogen-bond donors (Lipinski definition) is 2. The molecule has 21 heavy (non-hydrogen) atoms. The lowest BCUT2D eigenvalue weighted by Crippen LogP contribution is -2.28. The Labute approximate surface area is 130 Å². The standard InChI is InChI=1S/C15H14BrFN2O2/c16-11-9-10(5-6-12(11)17)15(20)19-7-8-21-14-4-2-1-3-13(14)18/h1-6,9H,7-8,18H2,(H,19,20). The number of carbonyl (C=O) groups excluding carboxylic acids is 1. The largest absolute Gasteiger partial charge is 0.490 e. The molecule has 0 radical (unpaired) electrons. The van der Waals surface area contributed by atoms with Gasteiger partial charge in [0.15, 0.2) is 0 Å². The molecule has 0 aliphatic rings. The molecule has 110 valence electrons. The lowest BCUT2D eigenvalue weighted by Gasteiger charge is -2.09. The van der Waals surface area contributed by atoms with E-state index >= 15 is 0 Å². The smallest absolute Gasteiger partial charge is 0.251 e. The number of hydrogen-bond acceptors (Lipinski definition) is 3. The van der Waals surface area contributed by atoms with Crippen molar-refractivity contribution in [2.24, 2.45) is 0 Å². The SMILES string of the molecule is Nc1ccccc1OCCNC(=O)c1ccc(F)c(Br)c1. The summed E-state index contributed by atoms with van der Waals surface area (Å²) < 4.78 is 18.8. The fourth-order valence-electron chi connectivity index (χ4n) is 1.68. The highest BCUT2D eigenvalue weighted by Crippen LogP contribution is 2.19. The highest BCUT2D eigenvalue weighted by atomic mass is 79.9. The van der Waals surface area contributed by atoms with Crippen LogP contribution in [0.3, 0.4) is 0 Å². The molecular weight excluding hydrogens is 339 g/mol. The van der Waals surface area contributed by atoms with E-state index in [4.69, 9.17) is 10.5 Å². The highest BCUT2D eigenvalue weighted by molar-refractivity contribution is 9.10. The van der Waals surface area contributed by atoms with Crippen LogP contribution >= 0.6 is 15.9 Å². The van der Waals surface area contributed by atoms with Gasteiger partial charge in [0.05, 0.1) is 16.7 Å². The van der Waals surface area contributed by atoms with Crippen LogP contribution in [0, 0.1) is 5.82 Å². The molecule has 1 amide bonds. The minimum absolute atomic E-state index is 0.253. The van der Waals surface area contributed by atoms with E-state index in [1.807, 2.05) is 12.1 Å². The van der Waals surface area contributed by atoms with Crippen molar-refractivity contribution in [3.8, 4) is 5.75 Å². The summed E-state index contributed by atoms with van der Waals surface area (Å²) in [6.07, 6.45) is 0. The van der Waals surface area contributed by atoms with Gasteiger partial charge in [-0.1, -0.05) is 12.1 Å². The van der Waals surface area contributed by atoms with Gasteiger partial charge >= 0.3 is 0 Å². The Morgan fingerprint density at radius 1 is 1.29 bits per heavy atom. The normalized spacial score (nSPS) is 10.2. The van der Waals surface area contributed by atoms with Crippen LogP contribution in [0.4, 0.5) is 10.1 Å². The van der Waals surface area contributed by atoms with Gasteiger partial charge in [-0.3, -0.25) is 4.79 Å². The van der Waals surface area contributed by atoms with Crippen molar-refractivity contribution < 1.29 is 13.9 Å². The van der Waals surface area contributed by atoms with Crippen LogP contribution in [0.1, 0.15) is 10.4 Å². The van der Waals surface area contributed by atoms with Crippen molar-refractivity contribution in [2.75, 3.05) is 18.9 Å². The molecule has 6 heteroatoms. The Hall–Kier alpha value is -2.08. The quantitative estimate of drug-likeness (QED) is 0.642. The van der Waals surface area contributed by atoms with Gasteiger partial charge < -0.3 is 15.8 Å². The van der Waals surface area contributed by atoms with Crippen molar-refractivity contribution in [3.05, 3.63) is 58.3 Å². The van der Waals surface area contributed by atoms with E-state index in [-0.39, 0.29) is 10.4 Å². The van der Waals surface area contributed by atoms with E-state index in [9.17, 15) is 9.18 Å². The minimum atomic E-state index is -0.408. The van der Waals surface area contributed by atoms with Gasteiger partial charge in [-0.05, 0) is 46.3 Å². The number of rotatable bonds is 5. The Morgan fingerprint density at radius 3 is 2.76 bits per heavy atom. The molecule has 0 heterocycles. The first kappa shape index (κ1) is 15.3. The van der Waals surface area contributed by atoms with Gasteiger partial charge in [0.25, 0.3) is 5.91 Å². The second-order valence-corrected chi connectivity index (χ2v) is 5.13. The number of halogens is 2. The van der Waals surface area contributed by atoms with E-state index in [1.165, 1.54) is 18.2 Å². The molecule has 2 aromatic carbocycles. The molecule has 0 atom stereocenters. The Morgan fingerprint density at radius 2 is 2.05 bits per heavy atom. The van der Waals surface area contributed by atoms with E-state index in [1.54, 1.807) is 12.1 Å². The first-order valence-electron chi connectivity index (χ1n) is 6.28. The zero-order valence-corrected chi connectivity index (χ0v) is 12.7. The number of amides is 1. The summed E-state index contributed by atoms with van der Waals surface area (Å²) in [6.45, 7) is 0.616. The maximum Gasteiger partial charge on any atom is 0.251 e. The fourth-order valence-corrected chi connectivity index (χ4v) is 2.06. The van der Waals surface area contributed by atoms with Crippen LogP contribution < -0.4 is 15.8 Å². The molecule has 0 spiro atoms. The molecule has 0 aromatic heterocycles. The van der Waals surface area contributed by atoms with Crippen LogP contribution in [-0.4, -0.2) is 19.1 Å². The molecule has 2 rings (SSSR count). The first-order chi connectivity index (χ1) is 10.1. The van der Waals surface area contributed by atoms with Crippen LogP contribution in [0.15, 0.2) is 46.9 Å². The average molecular weight is 353 g/mol. The number of nitrogens with one attached hydrogen (secondary N) is 1. The lowest BCUT2D eigenvalue weighted by molar-refractivity contribution is 0.0947. The van der Waals surface area contributed by atoms with Gasteiger partial charge in [0.1, 0.15) is 18.2 Å². The number of benzene rings is 2. The lowest BCUT2D eigenvalue weighted by atomic mass is 10.2. The first-order valence-corrected chi connectivity index (χ1v) is 7.08. The van der Waals surface area contributed by atoms with Crippen molar-refractivity contribution in [3.63, 3.8) is 0 Å². The molecule has 2 aromatic rings. The molecule has 0 aliphatic carbocycles. The zero-order chi connectivity index (χ0) is 15.2. The van der Waals surface area contributed by atoms with Gasteiger partial charge in [0.2, 0.25) is 0 Å². The average Bonchev–Trinajstić information content (AvgIpc) is 2.48. The minimum Gasteiger partial charge on any atom is -0.490 e. The van der Waals surface area contributed by atoms with E-state index in [0.717, 1.165) is 0 Å². The topological polar surface area (TPSA) is 64.3 Å². The third-order valence-corrected chi connectivity index (χ3v) is 3.35. The van der Waals surface area contributed by atoms with Gasteiger partial charge in [-0.15, -0.1) is 0 Å². The van der Waals surface area contributed by atoms with Crippen LogP contribution in [0.25, 0.3) is 0 Å². The summed E-state index contributed by atoms with van der Waals surface area (Å²) in [6, 6.07) is 11.2. The molecule has 0 aliphatic heterocycles. The van der Waals surface area contributed by atoms with E-state index in [0.29, 0.717) is 30.2 Å². The molecule has 4 nitrogen and oxygen atoms in total. The number of ether oxygens (including phenoxy) is 1. The van der Waals surface area contributed by atoms with Crippen LogP contribution in [0.5, 0.6) is 5.75 Å². The maximum atomic E-state index is 13.1. The monoisotopic (exact) mass is 352 g/mol. The van der Waals surface area contributed by atoms with E-state index < -0.39 is 5.82 Å². The van der Waals surface area contributed by atoms with Gasteiger partial charge in [-0.25, -0.2) is 4.39 Å². The number of nitrogen functional groups attached to an aromatic ring is 1. The van der Waals surface area contributed by atoms with Crippen molar-refractivity contribution in [1.82, 2.24) is 5.32 Å². The molecule has 0 bridgehead atoms. The Bertz CT molecular complexity index is 649. The van der Waals surface area contributed by atoms with Crippen LogP contribution in [-0.2, 0) is 0 Å². The molecular formula is C15H14BrFN2O2. The fraction of sp³-hybridized carbons (Fsp3) is 0.133. The van der Waals surface area contributed by atoms with Gasteiger partial charge in [-0.2, -0.15) is 0 Å².